The average Bonchev–Trinajstić information content (AvgIpc) is 2.67. The average molecular weight is 499 g/mol. The smallest absolute Gasteiger partial charge is 0.344 e. The Balaban J connectivity index is 1.99. The largest absolute Gasteiger partial charge is 0.479 e. The van der Waals surface area contributed by atoms with E-state index < -0.39 is 16.8 Å². The number of para-hydroxylation sites is 1. The van der Waals surface area contributed by atoms with Crippen LogP contribution in [-0.4, -0.2) is 36.2 Å². The third kappa shape index (κ3) is 6.82. The van der Waals surface area contributed by atoms with Gasteiger partial charge in [0.25, 0.3) is 5.69 Å². The van der Waals surface area contributed by atoms with Gasteiger partial charge in [0.1, 0.15) is 0 Å². The maximum Gasteiger partial charge on any atom is 0.344 e. The minimum Gasteiger partial charge on any atom is -0.479 e. The Hall–Kier alpha value is -2.98. The summed E-state index contributed by atoms with van der Waals surface area (Å²) in [6, 6.07) is 9.14. The molecule has 0 fully saturated rings. The molecule has 0 aromatic heterocycles. The summed E-state index contributed by atoms with van der Waals surface area (Å²) in [6.07, 6.45) is 1.16. The van der Waals surface area contributed by atoms with E-state index in [1.54, 1.807) is 19.1 Å². The molecule has 0 atom stereocenters. The van der Waals surface area contributed by atoms with Gasteiger partial charge in [-0.1, -0.05) is 29.8 Å². The van der Waals surface area contributed by atoms with Gasteiger partial charge in [0, 0.05) is 11.6 Å². The van der Waals surface area contributed by atoms with Gasteiger partial charge in [-0.3, -0.25) is 14.9 Å². The summed E-state index contributed by atoms with van der Waals surface area (Å²) in [5.41, 5.74) is 3.00. The second kappa shape index (κ2) is 11.3. The fourth-order valence-electron chi connectivity index (χ4n) is 2.36. The number of hydrogen-bond acceptors (Lipinski definition) is 7. The molecule has 9 nitrogen and oxygen atoms in total. The molecule has 0 saturated heterocycles. The first-order valence-electron chi connectivity index (χ1n) is 8.63. The van der Waals surface area contributed by atoms with Crippen molar-refractivity contribution in [3.63, 3.8) is 0 Å². The van der Waals surface area contributed by atoms with Crippen molar-refractivity contribution < 1.29 is 24.0 Å². The third-order valence-corrected chi connectivity index (χ3v) is 4.47. The van der Waals surface area contributed by atoms with Gasteiger partial charge >= 0.3 is 5.97 Å². The molecule has 1 N–H and O–H groups in total. The minimum atomic E-state index is -0.545. The number of esters is 1. The summed E-state index contributed by atoms with van der Waals surface area (Å²) in [7, 11) is 0. The number of benzene rings is 2. The predicted molar refractivity (Wildman–Crippen MR) is 114 cm³/mol. The van der Waals surface area contributed by atoms with Crippen molar-refractivity contribution in [3.8, 4) is 5.75 Å². The molecule has 0 spiro atoms. The molecule has 0 bridgehead atoms. The van der Waals surface area contributed by atoms with Gasteiger partial charge < -0.3 is 9.47 Å². The number of nitro groups is 1. The maximum atomic E-state index is 12.0. The summed E-state index contributed by atoms with van der Waals surface area (Å²) in [5, 5.41) is 15.1. The Kier molecular flexibility index (Phi) is 8.75. The summed E-state index contributed by atoms with van der Waals surface area (Å²) < 4.78 is 10.6. The molecule has 158 valence electrons. The molecule has 0 aliphatic heterocycles. The zero-order valence-corrected chi connectivity index (χ0v) is 18.1. The van der Waals surface area contributed by atoms with Crippen LogP contribution >= 0.6 is 27.5 Å². The van der Waals surface area contributed by atoms with E-state index in [9.17, 15) is 19.7 Å². The van der Waals surface area contributed by atoms with Crippen LogP contribution in [0.1, 0.15) is 18.1 Å². The summed E-state index contributed by atoms with van der Waals surface area (Å²) >= 11 is 9.47. The first kappa shape index (κ1) is 23.3. The lowest BCUT2D eigenvalue weighted by atomic mass is 10.1. The minimum absolute atomic E-state index is 0.134. The number of nitro benzene ring substituents is 1. The molecule has 11 heteroatoms. The second-order valence-corrected chi connectivity index (χ2v) is 7.02. The SMILES string of the molecule is CCOC(=O)COc1c(Cl)cc(/C=N/NC(=O)Cc2ccccc2[N+](=O)[O-])cc1Br. The number of carbonyl (C=O) groups is 2. The Morgan fingerprint density at radius 2 is 2.07 bits per heavy atom. The van der Waals surface area contributed by atoms with E-state index in [1.165, 1.54) is 30.5 Å². The highest BCUT2D eigenvalue weighted by atomic mass is 79.9. The molecule has 2 rings (SSSR count). The van der Waals surface area contributed by atoms with Crippen molar-refractivity contribution >= 4 is 51.3 Å². The second-order valence-electron chi connectivity index (χ2n) is 5.76. The molecule has 0 saturated carbocycles. The zero-order chi connectivity index (χ0) is 22.1. The van der Waals surface area contributed by atoms with E-state index >= 15 is 0 Å². The number of ether oxygens (including phenoxy) is 2. The van der Waals surface area contributed by atoms with Gasteiger partial charge in [-0.25, -0.2) is 10.2 Å². The molecule has 30 heavy (non-hydrogen) atoms. The summed E-state index contributed by atoms with van der Waals surface area (Å²) in [4.78, 5) is 33.9. The van der Waals surface area contributed by atoms with E-state index in [1.807, 2.05) is 0 Å². The highest BCUT2D eigenvalue weighted by Gasteiger charge is 2.15. The van der Waals surface area contributed by atoms with Crippen LogP contribution in [0.3, 0.4) is 0 Å². The first-order chi connectivity index (χ1) is 14.3. The molecule has 0 heterocycles. The molecule has 1 amide bonds. The number of hydrazone groups is 1. The van der Waals surface area contributed by atoms with Gasteiger partial charge in [-0.15, -0.1) is 0 Å². The number of amides is 1. The summed E-state index contributed by atoms with van der Waals surface area (Å²) in [5.74, 6) is -0.769. The van der Waals surface area contributed by atoms with Crippen molar-refractivity contribution in [2.24, 2.45) is 5.10 Å². The van der Waals surface area contributed by atoms with Crippen molar-refractivity contribution in [1.29, 1.82) is 0 Å². The van der Waals surface area contributed by atoms with Gasteiger partial charge in [-0.2, -0.15) is 5.10 Å². The third-order valence-electron chi connectivity index (χ3n) is 3.60. The van der Waals surface area contributed by atoms with Crippen LogP contribution in [0, 0.1) is 10.1 Å². The van der Waals surface area contributed by atoms with Gasteiger partial charge in [-0.05, 0) is 40.5 Å². The zero-order valence-electron chi connectivity index (χ0n) is 15.8. The van der Waals surface area contributed by atoms with Crippen LogP contribution in [0.4, 0.5) is 5.69 Å². The topological polar surface area (TPSA) is 120 Å². The van der Waals surface area contributed by atoms with Crippen LogP contribution in [0.2, 0.25) is 5.02 Å². The molecular weight excluding hydrogens is 482 g/mol. The molecular formula is C19H17BrClN3O6. The van der Waals surface area contributed by atoms with E-state index in [0.717, 1.165) is 0 Å². The van der Waals surface area contributed by atoms with Crippen LogP contribution < -0.4 is 10.2 Å². The van der Waals surface area contributed by atoms with Crippen LogP contribution in [-0.2, 0) is 20.7 Å². The lowest BCUT2D eigenvalue weighted by Gasteiger charge is -2.10. The Morgan fingerprint density at radius 1 is 1.33 bits per heavy atom. The molecule has 0 aliphatic rings. The van der Waals surface area contributed by atoms with Gasteiger partial charge in [0.15, 0.2) is 12.4 Å². The maximum absolute atomic E-state index is 12.0. The number of nitrogens with zero attached hydrogens (tertiary/aromatic N) is 2. The number of carbonyl (C=O) groups excluding carboxylic acids is 2. The molecule has 0 aliphatic carbocycles. The van der Waals surface area contributed by atoms with Crippen molar-refractivity contribution in [1.82, 2.24) is 5.43 Å². The number of halogens is 2. The fourth-order valence-corrected chi connectivity index (χ4v) is 3.34. The van der Waals surface area contributed by atoms with Gasteiger partial charge in [0.05, 0.1) is 33.7 Å². The van der Waals surface area contributed by atoms with E-state index in [0.29, 0.717) is 10.0 Å². The van der Waals surface area contributed by atoms with Crippen LogP contribution in [0.5, 0.6) is 5.75 Å². The van der Waals surface area contributed by atoms with E-state index in [4.69, 9.17) is 21.1 Å². The molecule has 0 unspecified atom stereocenters. The van der Waals surface area contributed by atoms with Crippen molar-refractivity contribution in [2.75, 3.05) is 13.2 Å². The Bertz CT molecular complexity index is 959. The highest BCUT2D eigenvalue weighted by Crippen LogP contribution is 2.34. The molecule has 2 aromatic rings. The predicted octanol–water partition coefficient (Wildman–Crippen LogP) is 3.65. The van der Waals surface area contributed by atoms with Gasteiger partial charge in [0.2, 0.25) is 5.91 Å². The van der Waals surface area contributed by atoms with E-state index in [2.05, 4.69) is 26.5 Å². The number of nitrogens with one attached hydrogen (secondary N) is 1. The molecule has 2 aromatic carbocycles. The normalized spacial score (nSPS) is 10.6. The standard InChI is InChI=1S/C19H17BrClN3O6/c1-2-29-18(26)11-30-19-14(20)7-12(8-15(19)21)10-22-23-17(25)9-13-5-3-4-6-16(13)24(27)28/h3-8,10H,2,9,11H2,1H3,(H,23,25)/b22-10+. The Labute approximate surface area is 185 Å². The molecule has 0 radical (unpaired) electrons. The van der Waals surface area contributed by atoms with Crippen molar-refractivity contribution in [2.45, 2.75) is 13.3 Å². The fraction of sp³-hybridized carbons (Fsp3) is 0.211. The monoisotopic (exact) mass is 497 g/mol. The first-order valence-corrected chi connectivity index (χ1v) is 9.80. The lowest BCUT2D eigenvalue weighted by molar-refractivity contribution is -0.385. The van der Waals surface area contributed by atoms with Crippen LogP contribution in [0.25, 0.3) is 0 Å². The Morgan fingerprint density at radius 3 is 2.73 bits per heavy atom. The summed E-state index contributed by atoms with van der Waals surface area (Å²) in [6.45, 7) is 1.64. The quantitative estimate of drug-likeness (QED) is 0.244. The van der Waals surface area contributed by atoms with Crippen LogP contribution in [0.15, 0.2) is 46.0 Å². The van der Waals surface area contributed by atoms with E-state index in [-0.39, 0.29) is 41.7 Å². The number of rotatable bonds is 9. The number of hydrogen-bond donors (Lipinski definition) is 1. The van der Waals surface area contributed by atoms with Crippen molar-refractivity contribution in [3.05, 3.63) is 67.1 Å². The highest BCUT2D eigenvalue weighted by molar-refractivity contribution is 9.10. The lowest BCUT2D eigenvalue weighted by Crippen LogP contribution is -2.20.